The molecule has 2 atom stereocenters. The van der Waals surface area contributed by atoms with E-state index in [1.54, 1.807) is 0 Å². The molecule has 8 heteroatoms. The first-order valence-electron chi connectivity index (χ1n) is 6.90. The van der Waals surface area contributed by atoms with Gasteiger partial charge in [0.05, 0.1) is 16.0 Å². The van der Waals surface area contributed by atoms with Crippen LogP contribution in [0.2, 0.25) is 5.02 Å². The zero-order valence-corrected chi connectivity index (χ0v) is 13.6. The molecule has 1 heterocycles. The third-order valence-electron chi connectivity index (χ3n) is 3.58. The van der Waals surface area contributed by atoms with Gasteiger partial charge in [0.25, 0.3) is 0 Å². The Hall–Kier alpha value is -1.18. The number of nitrogens with one attached hydrogen (secondary N) is 1. The molecule has 1 fully saturated rings. The van der Waals surface area contributed by atoms with Crippen molar-refractivity contribution in [2.24, 2.45) is 0 Å². The van der Waals surface area contributed by atoms with Gasteiger partial charge in [0.2, 0.25) is 5.91 Å². The van der Waals surface area contributed by atoms with Crippen LogP contribution in [0.1, 0.15) is 19.8 Å². The molecule has 2 rings (SSSR count). The normalized spacial score (nSPS) is 19.9. The van der Waals surface area contributed by atoms with E-state index in [2.05, 4.69) is 5.32 Å². The van der Waals surface area contributed by atoms with Gasteiger partial charge in [-0.25, -0.2) is 12.8 Å². The van der Waals surface area contributed by atoms with E-state index >= 15 is 0 Å². The number of sulfone groups is 1. The minimum absolute atomic E-state index is 0.0703. The lowest BCUT2D eigenvalue weighted by Crippen LogP contribution is -2.41. The lowest BCUT2D eigenvalue weighted by atomic mass is 10.2. The molecular weight excluding hydrogens is 333 g/mol. The molecule has 122 valence electrons. The van der Waals surface area contributed by atoms with Crippen LogP contribution in [-0.2, 0) is 19.4 Å². The first-order valence-corrected chi connectivity index (χ1v) is 8.83. The minimum atomic E-state index is -3.93. The van der Waals surface area contributed by atoms with Gasteiger partial charge in [-0.3, -0.25) is 4.79 Å². The summed E-state index contributed by atoms with van der Waals surface area (Å²) < 4.78 is 43.2. The van der Waals surface area contributed by atoms with Crippen LogP contribution in [0.5, 0.6) is 0 Å². The molecule has 1 N–H and O–H groups in total. The van der Waals surface area contributed by atoms with Gasteiger partial charge >= 0.3 is 0 Å². The number of carbonyl (C=O) groups is 1. The van der Waals surface area contributed by atoms with Crippen LogP contribution in [0.15, 0.2) is 23.1 Å². The van der Waals surface area contributed by atoms with Crippen LogP contribution < -0.4 is 5.32 Å². The Morgan fingerprint density at radius 3 is 2.86 bits per heavy atom. The summed E-state index contributed by atoms with van der Waals surface area (Å²) in [6.07, 6.45) is 1.70. The Kier molecular flexibility index (Phi) is 5.41. The summed E-state index contributed by atoms with van der Waals surface area (Å²) in [6, 6.07) is 3.07. The monoisotopic (exact) mass is 349 g/mol. The molecule has 0 saturated carbocycles. The van der Waals surface area contributed by atoms with E-state index in [9.17, 15) is 17.6 Å². The molecule has 1 saturated heterocycles. The summed E-state index contributed by atoms with van der Waals surface area (Å²) in [5.74, 6) is -1.33. The van der Waals surface area contributed by atoms with Gasteiger partial charge in [0.1, 0.15) is 11.1 Å². The molecule has 1 aliphatic rings. The van der Waals surface area contributed by atoms with Crippen molar-refractivity contribution >= 4 is 27.3 Å². The predicted octanol–water partition coefficient (Wildman–Crippen LogP) is 1.94. The summed E-state index contributed by atoms with van der Waals surface area (Å²) in [7, 11) is -3.93. The van der Waals surface area contributed by atoms with Crippen molar-refractivity contribution in [3.63, 3.8) is 0 Å². The molecule has 1 aromatic rings. The maximum Gasteiger partial charge on any atom is 0.238 e. The van der Waals surface area contributed by atoms with E-state index in [-0.39, 0.29) is 22.6 Å². The van der Waals surface area contributed by atoms with Gasteiger partial charge < -0.3 is 10.1 Å². The Bertz CT molecular complexity index is 659. The van der Waals surface area contributed by atoms with Gasteiger partial charge in [0.15, 0.2) is 9.84 Å². The van der Waals surface area contributed by atoms with E-state index in [0.29, 0.717) is 6.61 Å². The molecule has 0 aromatic heterocycles. The van der Waals surface area contributed by atoms with Crippen LogP contribution in [-0.4, -0.2) is 38.8 Å². The second-order valence-corrected chi connectivity index (χ2v) is 7.82. The van der Waals surface area contributed by atoms with Gasteiger partial charge in [-0.05, 0) is 38.0 Å². The van der Waals surface area contributed by atoms with Crippen LogP contribution in [0.4, 0.5) is 4.39 Å². The molecule has 0 aliphatic carbocycles. The van der Waals surface area contributed by atoms with E-state index < -0.39 is 26.8 Å². The summed E-state index contributed by atoms with van der Waals surface area (Å²) in [6.45, 7) is 2.22. The maximum atomic E-state index is 13.1. The first-order chi connectivity index (χ1) is 10.3. The largest absolute Gasteiger partial charge is 0.376 e. The number of amides is 1. The maximum absolute atomic E-state index is 13.1. The predicted molar refractivity (Wildman–Crippen MR) is 80.0 cm³/mol. The van der Waals surface area contributed by atoms with Gasteiger partial charge in [-0.15, -0.1) is 0 Å². The number of benzene rings is 1. The van der Waals surface area contributed by atoms with Crippen molar-refractivity contribution in [1.29, 1.82) is 0 Å². The Morgan fingerprint density at radius 2 is 2.27 bits per heavy atom. The zero-order chi connectivity index (χ0) is 16.3. The third kappa shape index (κ3) is 3.77. The fraction of sp³-hybridized carbons (Fsp3) is 0.500. The lowest BCUT2D eigenvalue weighted by molar-refractivity contribution is -0.120. The van der Waals surface area contributed by atoms with Crippen molar-refractivity contribution in [2.75, 3.05) is 13.2 Å². The zero-order valence-electron chi connectivity index (χ0n) is 12.0. The highest BCUT2D eigenvalue weighted by molar-refractivity contribution is 7.92. The Labute approximate surface area is 133 Å². The third-order valence-corrected chi connectivity index (χ3v) is 5.93. The summed E-state index contributed by atoms with van der Waals surface area (Å²) in [5, 5.41) is 0.982. The second-order valence-electron chi connectivity index (χ2n) is 5.14. The van der Waals surface area contributed by atoms with E-state index in [4.69, 9.17) is 16.3 Å². The highest BCUT2D eigenvalue weighted by atomic mass is 35.5. The number of ether oxygens (including phenoxy) is 1. The molecule has 0 radical (unpaired) electrons. The van der Waals surface area contributed by atoms with Crippen molar-refractivity contribution in [2.45, 2.75) is 36.0 Å². The molecule has 0 bridgehead atoms. The van der Waals surface area contributed by atoms with Gasteiger partial charge in [0, 0.05) is 13.2 Å². The van der Waals surface area contributed by atoms with Crippen molar-refractivity contribution in [3.05, 3.63) is 29.0 Å². The van der Waals surface area contributed by atoms with E-state index in [0.717, 1.165) is 31.0 Å². The fourth-order valence-electron chi connectivity index (χ4n) is 2.16. The van der Waals surface area contributed by atoms with E-state index in [1.165, 1.54) is 6.92 Å². The van der Waals surface area contributed by atoms with Gasteiger partial charge in [-0.2, -0.15) is 0 Å². The summed E-state index contributed by atoms with van der Waals surface area (Å²) in [5.41, 5.74) is 0. The number of hydrogen-bond acceptors (Lipinski definition) is 4. The quantitative estimate of drug-likeness (QED) is 0.824. The molecule has 2 unspecified atom stereocenters. The standard InChI is InChI=1S/C14H17ClFNO4S/c1-9(14(18)17-8-10-3-2-6-21-10)22(19,20)11-4-5-13(16)12(15)7-11/h4-5,7,9-10H,2-3,6,8H2,1H3,(H,17,18). The van der Waals surface area contributed by atoms with Crippen LogP contribution in [0.3, 0.4) is 0 Å². The summed E-state index contributed by atoms with van der Waals surface area (Å²) in [4.78, 5) is 11.8. The topological polar surface area (TPSA) is 72.5 Å². The number of halogens is 2. The molecule has 0 spiro atoms. The average molecular weight is 350 g/mol. The average Bonchev–Trinajstić information content (AvgIpc) is 3.00. The Morgan fingerprint density at radius 1 is 1.55 bits per heavy atom. The lowest BCUT2D eigenvalue weighted by Gasteiger charge is -2.15. The van der Waals surface area contributed by atoms with E-state index in [1.807, 2.05) is 0 Å². The highest BCUT2D eigenvalue weighted by Gasteiger charge is 2.30. The smallest absolute Gasteiger partial charge is 0.238 e. The second kappa shape index (κ2) is 6.93. The van der Waals surface area contributed by atoms with Crippen LogP contribution in [0, 0.1) is 5.82 Å². The van der Waals surface area contributed by atoms with Crippen molar-refractivity contribution in [3.8, 4) is 0 Å². The molecule has 1 aromatic carbocycles. The number of carbonyl (C=O) groups excluding carboxylic acids is 1. The number of rotatable bonds is 5. The number of hydrogen-bond donors (Lipinski definition) is 1. The van der Waals surface area contributed by atoms with Crippen molar-refractivity contribution < 1.29 is 22.3 Å². The summed E-state index contributed by atoms with van der Waals surface area (Å²) >= 11 is 5.59. The fourth-order valence-corrected chi connectivity index (χ4v) is 3.72. The molecule has 1 amide bonds. The minimum Gasteiger partial charge on any atom is -0.376 e. The highest BCUT2D eigenvalue weighted by Crippen LogP contribution is 2.22. The van der Waals surface area contributed by atoms with Crippen LogP contribution >= 0.6 is 11.6 Å². The SMILES string of the molecule is CC(C(=O)NCC1CCCO1)S(=O)(=O)c1ccc(F)c(Cl)c1. The Balaban J connectivity index is 2.06. The molecule has 22 heavy (non-hydrogen) atoms. The molecular formula is C14H17ClFNO4S. The molecule has 5 nitrogen and oxygen atoms in total. The van der Waals surface area contributed by atoms with Crippen LogP contribution in [0.25, 0.3) is 0 Å². The van der Waals surface area contributed by atoms with Crippen molar-refractivity contribution in [1.82, 2.24) is 5.32 Å². The van der Waals surface area contributed by atoms with Gasteiger partial charge in [-0.1, -0.05) is 11.6 Å². The first kappa shape index (κ1) is 17.2. The molecule has 1 aliphatic heterocycles.